The van der Waals surface area contributed by atoms with E-state index in [-0.39, 0.29) is 11.8 Å². The fourth-order valence-corrected chi connectivity index (χ4v) is 1.90. The number of hydrogen-bond acceptors (Lipinski definition) is 4. The summed E-state index contributed by atoms with van der Waals surface area (Å²) in [4.78, 5) is 11.3. The number of ether oxygens (including phenoxy) is 1. The standard InChI is InChI=1S/C15H16ClNO3/c1-10(13-7-8-14(20-13)15(18)19-2)17-9-11-3-5-12(16)6-4-11/h3-8,10,17H,9H2,1-2H3. The Morgan fingerprint density at radius 1 is 1.30 bits per heavy atom. The van der Waals surface area contributed by atoms with Crippen molar-refractivity contribution in [3.8, 4) is 0 Å². The third-order valence-electron chi connectivity index (χ3n) is 2.97. The maximum atomic E-state index is 11.3. The number of methoxy groups -OCH3 is 1. The van der Waals surface area contributed by atoms with Crippen molar-refractivity contribution in [3.05, 3.63) is 58.5 Å². The number of carbonyl (C=O) groups is 1. The zero-order chi connectivity index (χ0) is 14.5. The minimum atomic E-state index is -0.471. The molecule has 1 N–H and O–H groups in total. The van der Waals surface area contributed by atoms with Gasteiger partial charge in [-0.15, -0.1) is 0 Å². The molecule has 106 valence electrons. The quantitative estimate of drug-likeness (QED) is 0.856. The van der Waals surface area contributed by atoms with Crippen LogP contribution in [0.4, 0.5) is 0 Å². The molecule has 1 atom stereocenters. The third kappa shape index (κ3) is 3.62. The Morgan fingerprint density at radius 2 is 2.00 bits per heavy atom. The Labute approximate surface area is 122 Å². The van der Waals surface area contributed by atoms with Crippen LogP contribution in [0.2, 0.25) is 5.02 Å². The number of halogens is 1. The lowest BCUT2D eigenvalue weighted by atomic mass is 10.2. The Morgan fingerprint density at radius 3 is 2.65 bits per heavy atom. The molecule has 0 amide bonds. The van der Waals surface area contributed by atoms with Crippen LogP contribution in [0.1, 0.15) is 34.8 Å². The molecular weight excluding hydrogens is 278 g/mol. The normalized spacial score (nSPS) is 12.2. The van der Waals surface area contributed by atoms with Crippen LogP contribution in [0.3, 0.4) is 0 Å². The largest absolute Gasteiger partial charge is 0.463 e. The number of nitrogens with one attached hydrogen (secondary N) is 1. The SMILES string of the molecule is COC(=O)c1ccc(C(C)NCc2ccc(Cl)cc2)o1. The highest BCUT2D eigenvalue weighted by atomic mass is 35.5. The van der Waals surface area contributed by atoms with Gasteiger partial charge >= 0.3 is 5.97 Å². The predicted molar refractivity (Wildman–Crippen MR) is 76.8 cm³/mol. The summed E-state index contributed by atoms with van der Waals surface area (Å²) in [6.45, 7) is 2.66. The van der Waals surface area contributed by atoms with Crippen LogP contribution in [0, 0.1) is 0 Å². The van der Waals surface area contributed by atoms with Crippen LogP contribution in [0.25, 0.3) is 0 Å². The predicted octanol–water partition coefficient (Wildman–Crippen LogP) is 3.57. The van der Waals surface area contributed by atoms with Crippen molar-refractivity contribution in [1.29, 1.82) is 0 Å². The molecule has 0 aliphatic heterocycles. The number of rotatable bonds is 5. The van der Waals surface area contributed by atoms with Gasteiger partial charge in [-0.3, -0.25) is 0 Å². The minimum Gasteiger partial charge on any atom is -0.463 e. The van der Waals surface area contributed by atoms with Gasteiger partial charge in [-0.1, -0.05) is 23.7 Å². The lowest BCUT2D eigenvalue weighted by molar-refractivity contribution is 0.0562. The van der Waals surface area contributed by atoms with E-state index in [2.05, 4.69) is 10.1 Å². The van der Waals surface area contributed by atoms with Crippen molar-refractivity contribution in [2.45, 2.75) is 19.5 Å². The lowest BCUT2D eigenvalue weighted by Gasteiger charge is -2.11. The average molecular weight is 294 g/mol. The Bertz CT molecular complexity index is 577. The number of carbonyl (C=O) groups excluding carboxylic acids is 1. The zero-order valence-corrected chi connectivity index (χ0v) is 12.1. The lowest BCUT2D eigenvalue weighted by Crippen LogP contribution is -2.17. The van der Waals surface area contributed by atoms with Crippen LogP contribution in [0.5, 0.6) is 0 Å². The first-order valence-electron chi connectivity index (χ1n) is 6.26. The molecule has 0 bridgehead atoms. The molecule has 1 heterocycles. The van der Waals surface area contributed by atoms with Gasteiger partial charge in [-0.2, -0.15) is 0 Å². The Balaban J connectivity index is 1.94. The summed E-state index contributed by atoms with van der Waals surface area (Å²) >= 11 is 5.84. The summed E-state index contributed by atoms with van der Waals surface area (Å²) in [6.07, 6.45) is 0. The maximum Gasteiger partial charge on any atom is 0.373 e. The second kappa shape index (κ2) is 6.59. The van der Waals surface area contributed by atoms with Gasteiger partial charge in [0.05, 0.1) is 13.2 Å². The summed E-state index contributed by atoms with van der Waals surface area (Å²) in [6, 6.07) is 11.0. The molecular formula is C15H16ClNO3. The minimum absolute atomic E-state index is 0.0101. The number of esters is 1. The number of furan rings is 1. The van der Waals surface area contributed by atoms with E-state index in [1.807, 2.05) is 31.2 Å². The van der Waals surface area contributed by atoms with Crippen LogP contribution >= 0.6 is 11.6 Å². The summed E-state index contributed by atoms with van der Waals surface area (Å²) < 4.78 is 10.1. The van der Waals surface area contributed by atoms with Crippen molar-refractivity contribution in [1.82, 2.24) is 5.32 Å². The second-order valence-corrected chi connectivity index (χ2v) is 4.86. The molecule has 1 aromatic heterocycles. The van der Waals surface area contributed by atoms with Gasteiger partial charge in [0.25, 0.3) is 0 Å². The van der Waals surface area contributed by atoms with E-state index >= 15 is 0 Å². The molecule has 0 aliphatic carbocycles. The molecule has 0 radical (unpaired) electrons. The topological polar surface area (TPSA) is 51.5 Å². The second-order valence-electron chi connectivity index (χ2n) is 4.42. The van der Waals surface area contributed by atoms with Gasteiger partial charge in [0, 0.05) is 11.6 Å². The molecule has 20 heavy (non-hydrogen) atoms. The highest BCUT2D eigenvalue weighted by Crippen LogP contribution is 2.18. The van der Waals surface area contributed by atoms with Crippen LogP contribution < -0.4 is 5.32 Å². The molecule has 0 saturated carbocycles. The van der Waals surface area contributed by atoms with Gasteiger partial charge in [-0.05, 0) is 36.8 Å². The summed E-state index contributed by atoms with van der Waals surface area (Å²) in [7, 11) is 1.33. The molecule has 0 fully saturated rings. The molecule has 1 aromatic carbocycles. The van der Waals surface area contributed by atoms with Crippen molar-refractivity contribution in [2.75, 3.05) is 7.11 Å². The fourth-order valence-electron chi connectivity index (χ4n) is 1.77. The van der Waals surface area contributed by atoms with Crippen molar-refractivity contribution in [2.24, 2.45) is 0 Å². The number of hydrogen-bond donors (Lipinski definition) is 1. The van der Waals surface area contributed by atoms with Gasteiger partial charge in [-0.25, -0.2) is 4.79 Å². The molecule has 2 aromatic rings. The van der Waals surface area contributed by atoms with E-state index in [0.717, 1.165) is 10.6 Å². The van der Waals surface area contributed by atoms with E-state index in [0.29, 0.717) is 12.3 Å². The van der Waals surface area contributed by atoms with E-state index in [1.165, 1.54) is 7.11 Å². The van der Waals surface area contributed by atoms with Crippen molar-refractivity contribution in [3.63, 3.8) is 0 Å². The first-order chi connectivity index (χ1) is 9.60. The smallest absolute Gasteiger partial charge is 0.373 e. The zero-order valence-electron chi connectivity index (χ0n) is 11.4. The van der Waals surface area contributed by atoms with Crippen LogP contribution in [0.15, 0.2) is 40.8 Å². The molecule has 2 rings (SSSR count). The van der Waals surface area contributed by atoms with E-state index in [4.69, 9.17) is 16.0 Å². The van der Waals surface area contributed by atoms with E-state index < -0.39 is 5.97 Å². The summed E-state index contributed by atoms with van der Waals surface area (Å²) in [5, 5.41) is 4.03. The monoisotopic (exact) mass is 293 g/mol. The summed E-state index contributed by atoms with van der Waals surface area (Å²) in [5.74, 6) is 0.433. The van der Waals surface area contributed by atoms with Crippen LogP contribution in [-0.4, -0.2) is 13.1 Å². The third-order valence-corrected chi connectivity index (χ3v) is 3.22. The molecule has 0 spiro atoms. The molecule has 0 saturated heterocycles. The molecule has 0 aliphatic rings. The Kier molecular flexibility index (Phi) is 4.82. The first-order valence-corrected chi connectivity index (χ1v) is 6.64. The highest BCUT2D eigenvalue weighted by Gasteiger charge is 2.14. The van der Waals surface area contributed by atoms with Crippen molar-refractivity contribution < 1.29 is 13.9 Å². The Hall–Kier alpha value is -1.78. The molecule has 4 nitrogen and oxygen atoms in total. The van der Waals surface area contributed by atoms with E-state index in [9.17, 15) is 4.79 Å². The van der Waals surface area contributed by atoms with Gasteiger partial charge < -0.3 is 14.5 Å². The molecule has 1 unspecified atom stereocenters. The number of benzene rings is 1. The first kappa shape index (κ1) is 14.6. The van der Waals surface area contributed by atoms with Gasteiger partial charge in [0.1, 0.15) is 5.76 Å². The van der Waals surface area contributed by atoms with Crippen LogP contribution in [-0.2, 0) is 11.3 Å². The van der Waals surface area contributed by atoms with Crippen molar-refractivity contribution >= 4 is 17.6 Å². The van der Waals surface area contributed by atoms with Gasteiger partial charge in [0.15, 0.2) is 0 Å². The maximum absolute atomic E-state index is 11.3. The molecule has 5 heteroatoms. The highest BCUT2D eigenvalue weighted by molar-refractivity contribution is 6.30. The average Bonchev–Trinajstić information content (AvgIpc) is 2.95. The van der Waals surface area contributed by atoms with Gasteiger partial charge in [0.2, 0.25) is 5.76 Å². The van der Waals surface area contributed by atoms with E-state index in [1.54, 1.807) is 12.1 Å². The summed E-state index contributed by atoms with van der Waals surface area (Å²) in [5.41, 5.74) is 1.13. The fraction of sp³-hybridized carbons (Fsp3) is 0.267.